The fraction of sp³-hybridized carbons (Fsp3) is 0.364. The first-order chi connectivity index (χ1) is 8.79. The van der Waals surface area contributed by atoms with Gasteiger partial charge in [0.15, 0.2) is 0 Å². The summed E-state index contributed by atoms with van der Waals surface area (Å²) in [6.45, 7) is 0.263. The Balaban J connectivity index is 2.30. The molecule has 0 aromatic heterocycles. The summed E-state index contributed by atoms with van der Waals surface area (Å²) in [7, 11) is 1.02. The van der Waals surface area contributed by atoms with Crippen molar-refractivity contribution in [2.45, 2.75) is 17.7 Å². The molecular weight excluding hydrogens is 363 g/mol. The van der Waals surface area contributed by atoms with Crippen LogP contribution in [0.4, 0.5) is 4.39 Å². The Morgan fingerprint density at radius 1 is 1.47 bits per heavy atom. The molecule has 8 heteroatoms. The van der Waals surface area contributed by atoms with Gasteiger partial charge in [0.05, 0.1) is 16.6 Å². The van der Waals surface area contributed by atoms with Crippen molar-refractivity contribution in [3.8, 4) is 0 Å². The minimum absolute atomic E-state index is 0.180. The number of carbonyl (C=O) groups excluding carboxylic acids is 1. The van der Waals surface area contributed by atoms with Gasteiger partial charge in [0.25, 0.3) is 9.05 Å². The molecule has 1 aromatic rings. The molecule has 19 heavy (non-hydrogen) atoms. The number of rotatable bonds is 4. The first kappa shape index (κ1) is 14.7. The zero-order valence-electron chi connectivity index (χ0n) is 9.53. The normalized spacial score (nSPS) is 15.3. The lowest BCUT2D eigenvalue weighted by Gasteiger charge is -2.07. The van der Waals surface area contributed by atoms with Crippen LogP contribution in [-0.4, -0.2) is 21.0 Å². The Morgan fingerprint density at radius 3 is 2.63 bits per heavy atom. The van der Waals surface area contributed by atoms with Gasteiger partial charge in [-0.15, -0.1) is 0 Å². The van der Waals surface area contributed by atoms with Crippen molar-refractivity contribution in [2.75, 3.05) is 6.61 Å². The van der Waals surface area contributed by atoms with E-state index in [4.69, 9.17) is 15.4 Å². The molecule has 0 heterocycles. The van der Waals surface area contributed by atoms with Crippen LogP contribution in [0.5, 0.6) is 0 Å². The lowest BCUT2D eigenvalue weighted by Crippen LogP contribution is -2.09. The molecule has 1 aliphatic carbocycles. The van der Waals surface area contributed by atoms with E-state index in [1.807, 2.05) is 0 Å². The molecule has 0 N–H and O–H groups in total. The fourth-order valence-corrected chi connectivity index (χ4v) is 3.51. The molecule has 104 valence electrons. The summed E-state index contributed by atoms with van der Waals surface area (Å²) < 4.78 is 40.8. The van der Waals surface area contributed by atoms with E-state index in [2.05, 4.69) is 15.9 Å². The average molecular weight is 372 g/mol. The predicted molar refractivity (Wildman–Crippen MR) is 70.1 cm³/mol. The molecule has 1 fully saturated rings. The SMILES string of the molecule is O=C(OCC1CC1)c1cc(F)c(Br)c(S(=O)(=O)Cl)c1. The zero-order chi connectivity index (χ0) is 14.2. The molecule has 1 aromatic carbocycles. The largest absolute Gasteiger partial charge is 0.462 e. The van der Waals surface area contributed by atoms with Crippen molar-refractivity contribution in [2.24, 2.45) is 5.92 Å². The first-order valence-electron chi connectivity index (χ1n) is 5.40. The van der Waals surface area contributed by atoms with Gasteiger partial charge in [0.2, 0.25) is 0 Å². The van der Waals surface area contributed by atoms with Gasteiger partial charge in [-0.3, -0.25) is 0 Å². The third kappa shape index (κ3) is 3.67. The molecule has 0 bridgehead atoms. The van der Waals surface area contributed by atoms with Gasteiger partial charge in [-0.05, 0) is 46.8 Å². The number of ether oxygens (including phenoxy) is 1. The van der Waals surface area contributed by atoms with Crippen LogP contribution in [0.15, 0.2) is 21.5 Å². The van der Waals surface area contributed by atoms with Crippen molar-refractivity contribution in [3.63, 3.8) is 0 Å². The lowest BCUT2D eigenvalue weighted by atomic mass is 10.2. The van der Waals surface area contributed by atoms with E-state index < -0.39 is 25.7 Å². The summed E-state index contributed by atoms with van der Waals surface area (Å²) in [5.74, 6) is -1.29. The number of benzene rings is 1. The van der Waals surface area contributed by atoms with Gasteiger partial charge in [-0.1, -0.05) is 0 Å². The van der Waals surface area contributed by atoms with E-state index >= 15 is 0 Å². The van der Waals surface area contributed by atoms with Crippen LogP contribution in [0, 0.1) is 11.7 Å². The summed E-state index contributed by atoms with van der Waals surface area (Å²) in [6, 6.07) is 1.90. The Morgan fingerprint density at radius 2 is 2.11 bits per heavy atom. The maximum atomic E-state index is 13.6. The number of carbonyl (C=O) groups is 1. The predicted octanol–water partition coefficient (Wildman–Crippen LogP) is 3.08. The van der Waals surface area contributed by atoms with Gasteiger partial charge >= 0.3 is 5.97 Å². The van der Waals surface area contributed by atoms with Crippen molar-refractivity contribution in [3.05, 3.63) is 28.0 Å². The average Bonchev–Trinajstić information content (AvgIpc) is 3.11. The maximum absolute atomic E-state index is 13.6. The molecule has 0 aliphatic heterocycles. The second kappa shape index (κ2) is 5.38. The zero-order valence-corrected chi connectivity index (χ0v) is 12.7. The van der Waals surface area contributed by atoms with Crippen molar-refractivity contribution in [1.29, 1.82) is 0 Å². The summed E-state index contributed by atoms with van der Waals surface area (Å²) in [4.78, 5) is 11.2. The number of hydrogen-bond donors (Lipinski definition) is 0. The monoisotopic (exact) mass is 370 g/mol. The number of hydrogen-bond acceptors (Lipinski definition) is 4. The second-order valence-electron chi connectivity index (χ2n) is 4.25. The molecule has 0 radical (unpaired) electrons. The highest BCUT2D eigenvalue weighted by Crippen LogP contribution is 2.31. The molecule has 0 unspecified atom stereocenters. The molecule has 2 rings (SSSR count). The second-order valence-corrected chi connectivity index (χ2v) is 7.58. The molecular formula is C11H9BrClFO4S. The standard InChI is InChI=1S/C11H9BrClFO4S/c12-10-8(14)3-7(4-9(10)19(13,16)17)11(15)18-5-6-1-2-6/h3-4,6H,1-2,5H2. The first-order valence-corrected chi connectivity index (χ1v) is 8.50. The van der Waals surface area contributed by atoms with Gasteiger partial charge < -0.3 is 4.74 Å². The van der Waals surface area contributed by atoms with Crippen LogP contribution >= 0.6 is 26.6 Å². The van der Waals surface area contributed by atoms with Crippen LogP contribution in [-0.2, 0) is 13.8 Å². The number of esters is 1. The Bertz CT molecular complexity index is 628. The van der Waals surface area contributed by atoms with Gasteiger partial charge in [0, 0.05) is 10.7 Å². The Labute approximate surface area is 122 Å². The highest BCUT2D eigenvalue weighted by molar-refractivity contribution is 9.10. The molecule has 0 amide bonds. The van der Waals surface area contributed by atoms with Crippen molar-refractivity contribution in [1.82, 2.24) is 0 Å². The summed E-state index contributed by atoms with van der Waals surface area (Å²) in [5.41, 5.74) is -0.180. The van der Waals surface area contributed by atoms with Gasteiger partial charge in [-0.25, -0.2) is 17.6 Å². The topological polar surface area (TPSA) is 60.4 Å². The van der Waals surface area contributed by atoms with E-state index in [0.29, 0.717) is 5.92 Å². The highest BCUT2D eigenvalue weighted by atomic mass is 79.9. The number of halogens is 3. The quantitative estimate of drug-likeness (QED) is 0.603. The highest BCUT2D eigenvalue weighted by Gasteiger charge is 2.25. The molecule has 4 nitrogen and oxygen atoms in total. The van der Waals surface area contributed by atoms with E-state index in [9.17, 15) is 17.6 Å². The van der Waals surface area contributed by atoms with E-state index in [0.717, 1.165) is 25.0 Å². The minimum Gasteiger partial charge on any atom is -0.462 e. The Kier molecular flexibility index (Phi) is 4.17. The summed E-state index contributed by atoms with van der Waals surface area (Å²) >= 11 is 2.78. The van der Waals surface area contributed by atoms with E-state index in [-0.39, 0.29) is 16.6 Å². The fourth-order valence-electron chi connectivity index (χ4n) is 1.42. The van der Waals surface area contributed by atoms with Gasteiger partial charge in [-0.2, -0.15) is 0 Å². The maximum Gasteiger partial charge on any atom is 0.338 e. The van der Waals surface area contributed by atoms with E-state index in [1.54, 1.807) is 0 Å². The van der Waals surface area contributed by atoms with E-state index in [1.165, 1.54) is 0 Å². The summed E-state index contributed by atoms with van der Waals surface area (Å²) in [5, 5.41) is 0. The lowest BCUT2D eigenvalue weighted by molar-refractivity contribution is 0.0485. The van der Waals surface area contributed by atoms with Crippen LogP contribution in [0.1, 0.15) is 23.2 Å². The van der Waals surface area contributed by atoms with Crippen molar-refractivity contribution < 1.29 is 22.3 Å². The smallest absolute Gasteiger partial charge is 0.338 e. The van der Waals surface area contributed by atoms with Crippen LogP contribution < -0.4 is 0 Å². The third-order valence-electron chi connectivity index (χ3n) is 2.64. The minimum atomic E-state index is -4.15. The Hall–Kier alpha value is -0.660. The van der Waals surface area contributed by atoms with Crippen LogP contribution in [0.25, 0.3) is 0 Å². The molecule has 0 spiro atoms. The molecule has 1 aliphatic rings. The van der Waals surface area contributed by atoms with Crippen LogP contribution in [0.3, 0.4) is 0 Å². The molecule has 0 saturated heterocycles. The molecule has 1 saturated carbocycles. The third-order valence-corrected chi connectivity index (χ3v) is 5.05. The summed E-state index contributed by atoms with van der Waals surface area (Å²) in [6.07, 6.45) is 2.01. The molecule has 0 atom stereocenters. The van der Waals surface area contributed by atoms with Gasteiger partial charge in [0.1, 0.15) is 10.7 Å². The van der Waals surface area contributed by atoms with Crippen molar-refractivity contribution >= 4 is 41.6 Å². The van der Waals surface area contributed by atoms with Crippen LogP contribution in [0.2, 0.25) is 0 Å².